The molecule has 0 aliphatic rings. The van der Waals surface area contributed by atoms with Crippen LogP contribution in [0.25, 0.3) is 0 Å². The highest BCUT2D eigenvalue weighted by Gasteiger charge is 2.12. The molecule has 0 heterocycles. The van der Waals surface area contributed by atoms with Gasteiger partial charge in [-0.1, -0.05) is 59.7 Å². The summed E-state index contributed by atoms with van der Waals surface area (Å²) in [4.78, 5) is 10.3. The molecule has 0 atom stereocenters. The summed E-state index contributed by atoms with van der Waals surface area (Å²) in [7, 11) is -1.96. The Balaban J connectivity index is 2.28. The third kappa shape index (κ3) is 2.40. The fraction of sp³-hybridized carbons (Fsp3) is 0.143. The first-order chi connectivity index (χ1) is 7.66. The van der Waals surface area contributed by atoms with Crippen LogP contribution in [0.5, 0.6) is 0 Å². The molecule has 2 aromatic rings. The molecule has 16 heavy (non-hydrogen) atoms. The fourth-order valence-electron chi connectivity index (χ4n) is 1.69. The van der Waals surface area contributed by atoms with Gasteiger partial charge in [0.05, 0.1) is 0 Å². The van der Waals surface area contributed by atoms with E-state index in [1.54, 1.807) is 0 Å². The van der Waals surface area contributed by atoms with Crippen LogP contribution in [-0.2, 0) is 0 Å². The zero-order valence-electron chi connectivity index (χ0n) is 9.64. The lowest BCUT2D eigenvalue weighted by molar-refractivity contribution is 0.600. The standard InChI is InChI=1S/C14H16OSi/c1-11-3-7-13(8-4-11)16(15)14-9-5-12(2)6-10-14/h3-10,15-16H,1-2H3. The van der Waals surface area contributed by atoms with Crippen molar-refractivity contribution in [1.29, 1.82) is 0 Å². The second kappa shape index (κ2) is 4.64. The lowest BCUT2D eigenvalue weighted by atomic mass is 10.2. The normalized spacial score (nSPS) is 10.8. The van der Waals surface area contributed by atoms with Gasteiger partial charge in [-0.05, 0) is 24.2 Å². The Labute approximate surface area is 98.1 Å². The Kier molecular flexibility index (Phi) is 3.22. The summed E-state index contributed by atoms with van der Waals surface area (Å²) < 4.78 is 0. The smallest absolute Gasteiger partial charge is 0.236 e. The van der Waals surface area contributed by atoms with Crippen LogP contribution in [0.2, 0.25) is 0 Å². The van der Waals surface area contributed by atoms with Crippen molar-refractivity contribution in [3.63, 3.8) is 0 Å². The van der Waals surface area contributed by atoms with E-state index in [2.05, 4.69) is 38.1 Å². The van der Waals surface area contributed by atoms with Gasteiger partial charge < -0.3 is 4.80 Å². The lowest BCUT2D eigenvalue weighted by Gasteiger charge is -2.09. The van der Waals surface area contributed by atoms with E-state index in [0.29, 0.717) is 0 Å². The van der Waals surface area contributed by atoms with E-state index in [-0.39, 0.29) is 0 Å². The molecule has 0 aliphatic heterocycles. The second-order valence-electron chi connectivity index (χ2n) is 4.22. The first-order valence-electron chi connectivity index (χ1n) is 5.48. The van der Waals surface area contributed by atoms with E-state index in [1.807, 2.05) is 24.3 Å². The molecule has 0 amide bonds. The minimum absolute atomic E-state index is 1.08. The molecule has 0 unspecified atom stereocenters. The Hall–Kier alpha value is -1.38. The van der Waals surface area contributed by atoms with Gasteiger partial charge in [0.15, 0.2) is 0 Å². The molecule has 0 spiro atoms. The van der Waals surface area contributed by atoms with E-state index >= 15 is 0 Å². The first kappa shape index (κ1) is 11.1. The van der Waals surface area contributed by atoms with Crippen LogP contribution in [0, 0.1) is 13.8 Å². The predicted octanol–water partition coefficient (Wildman–Crippen LogP) is 1.13. The summed E-state index contributed by atoms with van der Waals surface area (Å²) in [6.07, 6.45) is 0. The first-order valence-corrected chi connectivity index (χ1v) is 7.15. The van der Waals surface area contributed by atoms with Gasteiger partial charge in [-0.15, -0.1) is 0 Å². The molecule has 1 N–H and O–H groups in total. The zero-order chi connectivity index (χ0) is 11.5. The molecular formula is C14H16OSi. The highest BCUT2D eigenvalue weighted by atomic mass is 28.3. The number of aryl methyl sites for hydroxylation is 2. The van der Waals surface area contributed by atoms with Gasteiger partial charge >= 0.3 is 0 Å². The summed E-state index contributed by atoms with van der Waals surface area (Å²) in [6.45, 7) is 4.12. The van der Waals surface area contributed by atoms with Gasteiger partial charge in [0.2, 0.25) is 9.04 Å². The summed E-state index contributed by atoms with van der Waals surface area (Å²) >= 11 is 0. The van der Waals surface area contributed by atoms with Crippen molar-refractivity contribution in [2.24, 2.45) is 0 Å². The summed E-state index contributed by atoms with van der Waals surface area (Å²) in [5.41, 5.74) is 2.46. The largest absolute Gasteiger partial charge is 0.426 e. The Bertz CT molecular complexity index is 414. The lowest BCUT2D eigenvalue weighted by Crippen LogP contribution is -2.42. The molecule has 2 heteroatoms. The van der Waals surface area contributed by atoms with E-state index in [0.717, 1.165) is 10.4 Å². The van der Waals surface area contributed by atoms with Crippen LogP contribution in [0.1, 0.15) is 11.1 Å². The minimum Gasteiger partial charge on any atom is -0.426 e. The molecule has 2 rings (SSSR count). The maximum Gasteiger partial charge on any atom is 0.236 e. The molecule has 0 radical (unpaired) electrons. The van der Waals surface area contributed by atoms with Gasteiger partial charge in [0.1, 0.15) is 0 Å². The summed E-state index contributed by atoms with van der Waals surface area (Å²) in [5.74, 6) is 0. The van der Waals surface area contributed by atoms with E-state index in [9.17, 15) is 4.80 Å². The SMILES string of the molecule is Cc1ccc([SiH](O)c2ccc(C)cc2)cc1. The summed E-state index contributed by atoms with van der Waals surface area (Å²) in [6, 6.07) is 16.4. The Morgan fingerprint density at radius 3 is 1.31 bits per heavy atom. The van der Waals surface area contributed by atoms with Crippen molar-refractivity contribution in [2.45, 2.75) is 13.8 Å². The van der Waals surface area contributed by atoms with Crippen molar-refractivity contribution in [2.75, 3.05) is 0 Å². The molecule has 1 nitrogen and oxygen atoms in total. The highest BCUT2D eigenvalue weighted by molar-refractivity contribution is 6.78. The second-order valence-corrected chi connectivity index (χ2v) is 6.36. The maximum absolute atomic E-state index is 10.3. The monoisotopic (exact) mass is 228 g/mol. The van der Waals surface area contributed by atoms with Crippen molar-refractivity contribution < 1.29 is 4.80 Å². The van der Waals surface area contributed by atoms with Crippen molar-refractivity contribution in [1.82, 2.24) is 0 Å². The van der Waals surface area contributed by atoms with Gasteiger partial charge in [-0.25, -0.2) is 0 Å². The van der Waals surface area contributed by atoms with E-state index in [4.69, 9.17) is 0 Å². The van der Waals surface area contributed by atoms with Crippen molar-refractivity contribution in [3.8, 4) is 0 Å². The topological polar surface area (TPSA) is 20.2 Å². The molecule has 0 saturated heterocycles. The molecule has 0 fully saturated rings. The zero-order valence-corrected chi connectivity index (χ0v) is 10.8. The molecule has 0 aliphatic carbocycles. The summed E-state index contributed by atoms with van der Waals surface area (Å²) in [5, 5.41) is 2.16. The van der Waals surface area contributed by atoms with Crippen LogP contribution >= 0.6 is 0 Å². The Morgan fingerprint density at radius 1 is 0.688 bits per heavy atom. The van der Waals surface area contributed by atoms with Crippen molar-refractivity contribution >= 4 is 19.4 Å². The number of benzene rings is 2. The fourth-order valence-corrected chi connectivity index (χ4v) is 3.19. The quantitative estimate of drug-likeness (QED) is 0.764. The van der Waals surface area contributed by atoms with Crippen LogP contribution in [0.4, 0.5) is 0 Å². The Morgan fingerprint density at radius 2 is 1.00 bits per heavy atom. The van der Waals surface area contributed by atoms with Gasteiger partial charge in [0, 0.05) is 0 Å². The number of rotatable bonds is 2. The minimum atomic E-state index is -1.96. The maximum atomic E-state index is 10.3. The number of hydrogen-bond acceptors (Lipinski definition) is 1. The predicted molar refractivity (Wildman–Crippen MR) is 71.0 cm³/mol. The van der Waals surface area contributed by atoms with E-state index in [1.165, 1.54) is 11.1 Å². The number of hydrogen-bond donors (Lipinski definition) is 1. The van der Waals surface area contributed by atoms with Crippen LogP contribution in [0.3, 0.4) is 0 Å². The van der Waals surface area contributed by atoms with Crippen LogP contribution < -0.4 is 10.4 Å². The molecule has 82 valence electrons. The third-order valence-electron chi connectivity index (χ3n) is 2.79. The average molecular weight is 228 g/mol. The van der Waals surface area contributed by atoms with Crippen molar-refractivity contribution in [3.05, 3.63) is 59.7 Å². The van der Waals surface area contributed by atoms with Gasteiger partial charge in [-0.3, -0.25) is 0 Å². The molecule has 0 bridgehead atoms. The van der Waals surface area contributed by atoms with Crippen LogP contribution in [-0.4, -0.2) is 13.8 Å². The average Bonchev–Trinajstić information content (AvgIpc) is 2.30. The molecular weight excluding hydrogens is 212 g/mol. The molecule has 0 saturated carbocycles. The molecule has 2 aromatic carbocycles. The third-order valence-corrected chi connectivity index (χ3v) is 4.82. The van der Waals surface area contributed by atoms with Gasteiger partial charge in [0.25, 0.3) is 0 Å². The van der Waals surface area contributed by atoms with Gasteiger partial charge in [-0.2, -0.15) is 0 Å². The van der Waals surface area contributed by atoms with E-state index < -0.39 is 9.04 Å². The van der Waals surface area contributed by atoms with Crippen LogP contribution in [0.15, 0.2) is 48.5 Å². The molecule has 0 aromatic heterocycles. The highest BCUT2D eigenvalue weighted by Crippen LogP contribution is 1.97.